The van der Waals surface area contributed by atoms with E-state index < -0.39 is 0 Å². The van der Waals surface area contributed by atoms with Crippen molar-refractivity contribution in [1.82, 2.24) is 20.2 Å². The predicted octanol–water partition coefficient (Wildman–Crippen LogP) is 4.33. The van der Waals surface area contributed by atoms with E-state index in [1.54, 1.807) is 41.2 Å². The lowest BCUT2D eigenvalue weighted by molar-refractivity contribution is 0.604. The number of aliphatic imine (C=N–C) groups is 1. The Morgan fingerprint density at radius 1 is 1.10 bits per heavy atom. The van der Waals surface area contributed by atoms with Gasteiger partial charge in [0.1, 0.15) is 17.5 Å². The average Bonchev–Trinajstić information content (AvgIpc) is 3.11. The molecule has 2 N–H and O–H groups in total. The van der Waals surface area contributed by atoms with Crippen LogP contribution in [-0.2, 0) is 13.1 Å². The zero-order valence-corrected chi connectivity index (χ0v) is 18.7. The Bertz CT molecular complexity index is 971. The molecule has 0 bridgehead atoms. The molecule has 154 valence electrons. The van der Waals surface area contributed by atoms with E-state index >= 15 is 0 Å². The van der Waals surface area contributed by atoms with Crippen molar-refractivity contribution in [3.05, 3.63) is 83.4 Å². The fourth-order valence-corrected chi connectivity index (χ4v) is 2.81. The predicted molar refractivity (Wildman–Crippen MR) is 122 cm³/mol. The Morgan fingerprint density at radius 3 is 2.55 bits per heavy atom. The lowest BCUT2D eigenvalue weighted by Gasteiger charge is -2.12. The maximum atomic E-state index is 14.5. The van der Waals surface area contributed by atoms with E-state index in [2.05, 4.69) is 20.6 Å². The molecule has 5 nitrogen and oxygen atoms in total. The van der Waals surface area contributed by atoms with E-state index in [4.69, 9.17) is 0 Å². The van der Waals surface area contributed by atoms with Crippen LogP contribution in [0.3, 0.4) is 0 Å². The zero-order chi connectivity index (χ0) is 19.9. The van der Waals surface area contributed by atoms with Crippen molar-refractivity contribution in [2.24, 2.45) is 4.99 Å². The van der Waals surface area contributed by atoms with Crippen molar-refractivity contribution < 1.29 is 8.78 Å². The summed E-state index contributed by atoms with van der Waals surface area (Å²) in [5.41, 5.74) is 1.74. The molecule has 1 heterocycles. The van der Waals surface area contributed by atoms with Gasteiger partial charge in [-0.25, -0.2) is 18.8 Å². The van der Waals surface area contributed by atoms with E-state index in [-0.39, 0.29) is 35.6 Å². The topological polar surface area (TPSA) is 54.2 Å². The molecule has 0 aliphatic heterocycles. The fourth-order valence-electron chi connectivity index (χ4n) is 2.81. The summed E-state index contributed by atoms with van der Waals surface area (Å²) >= 11 is 0. The van der Waals surface area contributed by atoms with Crippen LogP contribution in [0.5, 0.6) is 0 Å². The number of hydrogen-bond donors (Lipinski definition) is 2. The molecular weight excluding hydrogens is 487 g/mol. The molecule has 0 spiro atoms. The molecule has 0 fully saturated rings. The minimum Gasteiger partial charge on any atom is -0.357 e. The maximum Gasteiger partial charge on any atom is 0.191 e. The van der Waals surface area contributed by atoms with Crippen LogP contribution in [0.4, 0.5) is 8.78 Å². The first kappa shape index (κ1) is 22.8. The van der Waals surface area contributed by atoms with Crippen LogP contribution >= 0.6 is 24.0 Å². The number of halogens is 3. The second kappa shape index (κ2) is 10.9. The molecule has 0 saturated carbocycles. The van der Waals surface area contributed by atoms with Gasteiger partial charge in [-0.1, -0.05) is 24.3 Å². The number of nitrogens with zero attached hydrogens (tertiary/aromatic N) is 3. The molecule has 0 radical (unpaired) electrons. The van der Waals surface area contributed by atoms with Crippen LogP contribution in [0, 0.1) is 18.6 Å². The highest BCUT2D eigenvalue weighted by atomic mass is 127. The molecule has 1 aromatic heterocycles. The number of guanidine groups is 1. The lowest BCUT2D eigenvalue weighted by atomic mass is 10.2. The average molecular weight is 511 g/mol. The molecule has 0 atom stereocenters. The van der Waals surface area contributed by atoms with Gasteiger partial charge >= 0.3 is 0 Å². The van der Waals surface area contributed by atoms with Crippen molar-refractivity contribution >= 4 is 29.9 Å². The molecule has 3 rings (SSSR count). The minimum atomic E-state index is -0.335. The third kappa shape index (κ3) is 5.99. The van der Waals surface area contributed by atoms with Crippen LogP contribution in [-0.4, -0.2) is 22.1 Å². The van der Waals surface area contributed by atoms with Crippen LogP contribution in [0.15, 0.2) is 59.9 Å². The first-order valence-electron chi connectivity index (χ1n) is 9.13. The third-order valence-electron chi connectivity index (χ3n) is 4.27. The maximum absolute atomic E-state index is 14.5. The first-order chi connectivity index (χ1) is 13.6. The largest absolute Gasteiger partial charge is 0.357 e. The van der Waals surface area contributed by atoms with Crippen molar-refractivity contribution in [3.63, 3.8) is 0 Å². The number of imidazole rings is 1. The van der Waals surface area contributed by atoms with Gasteiger partial charge in [0.2, 0.25) is 0 Å². The smallest absolute Gasteiger partial charge is 0.191 e. The first-order valence-corrected chi connectivity index (χ1v) is 9.13. The van der Waals surface area contributed by atoms with Crippen LogP contribution in [0.1, 0.15) is 23.9 Å². The van der Waals surface area contributed by atoms with Gasteiger partial charge in [-0.15, -0.1) is 24.0 Å². The van der Waals surface area contributed by atoms with Crippen LogP contribution in [0.2, 0.25) is 0 Å². The van der Waals surface area contributed by atoms with Gasteiger partial charge in [-0.3, -0.25) is 0 Å². The number of rotatable bonds is 6. The van der Waals surface area contributed by atoms with Gasteiger partial charge in [0.25, 0.3) is 0 Å². The highest BCUT2D eigenvalue weighted by molar-refractivity contribution is 14.0. The molecule has 0 saturated heterocycles. The van der Waals surface area contributed by atoms with Crippen molar-refractivity contribution in [2.45, 2.75) is 26.9 Å². The summed E-state index contributed by atoms with van der Waals surface area (Å²) in [6.07, 6.45) is 3.36. The summed E-state index contributed by atoms with van der Waals surface area (Å²) < 4.78 is 30.0. The highest BCUT2D eigenvalue weighted by Crippen LogP contribution is 2.17. The quantitative estimate of drug-likeness (QED) is 0.294. The normalized spacial score (nSPS) is 11.1. The number of nitrogens with one attached hydrogen (secondary N) is 2. The number of aromatic nitrogens is 2. The van der Waals surface area contributed by atoms with Gasteiger partial charge in [0.05, 0.1) is 12.2 Å². The Balaban J connectivity index is 0.00000300. The molecule has 0 amide bonds. The Hall–Kier alpha value is -2.49. The second-order valence-electron chi connectivity index (χ2n) is 6.27. The zero-order valence-electron chi connectivity index (χ0n) is 16.3. The highest BCUT2D eigenvalue weighted by Gasteiger charge is 2.08. The van der Waals surface area contributed by atoms with Gasteiger partial charge in [0, 0.05) is 31.0 Å². The van der Waals surface area contributed by atoms with E-state index in [1.165, 1.54) is 12.1 Å². The van der Waals surface area contributed by atoms with Gasteiger partial charge in [-0.2, -0.15) is 0 Å². The summed E-state index contributed by atoms with van der Waals surface area (Å²) in [4.78, 5) is 8.59. The minimum absolute atomic E-state index is 0. The molecular formula is C21H24F2IN5. The van der Waals surface area contributed by atoms with Crippen LogP contribution < -0.4 is 10.6 Å². The molecule has 0 aliphatic rings. The summed E-state index contributed by atoms with van der Waals surface area (Å²) in [5.74, 6) is 0.661. The van der Waals surface area contributed by atoms with Gasteiger partial charge < -0.3 is 15.2 Å². The van der Waals surface area contributed by atoms with Gasteiger partial charge in [-0.05, 0) is 37.6 Å². The fraction of sp³-hybridized carbons (Fsp3) is 0.238. The summed E-state index contributed by atoms with van der Waals surface area (Å²) in [6.45, 7) is 5.04. The van der Waals surface area contributed by atoms with Crippen molar-refractivity contribution in [1.29, 1.82) is 0 Å². The van der Waals surface area contributed by atoms with Crippen molar-refractivity contribution in [2.75, 3.05) is 6.54 Å². The second-order valence-corrected chi connectivity index (χ2v) is 6.27. The Kier molecular flexibility index (Phi) is 8.56. The Labute approximate surface area is 186 Å². The summed E-state index contributed by atoms with van der Waals surface area (Å²) in [6, 6.07) is 11.6. The Morgan fingerprint density at radius 2 is 1.90 bits per heavy atom. The summed E-state index contributed by atoms with van der Waals surface area (Å²) in [5, 5.41) is 6.21. The standard InChI is InChI=1S/C21H23F2N5.HI/c1-3-24-21(27-14-17-6-4-5-7-18(17)22)26-13-16-8-9-20(19(23)12-16)28-11-10-25-15(28)2;/h4-12H,3,13-14H2,1-2H3,(H2,24,26,27);1H. The van der Waals surface area contributed by atoms with E-state index in [9.17, 15) is 8.78 Å². The molecule has 0 aliphatic carbocycles. The molecule has 2 aromatic carbocycles. The number of benzene rings is 2. The molecule has 29 heavy (non-hydrogen) atoms. The third-order valence-corrected chi connectivity index (χ3v) is 4.27. The monoisotopic (exact) mass is 511 g/mol. The SMILES string of the molecule is CCNC(=NCc1ccc(-n2ccnc2C)c(F)c1)NCc1ccccc1F.I. The van der Waals surface area contributed by atoms with Gasteiger partial charge in [0.15, 0.2) is 5.96 Å². The number of aryl methyl sites for hydroxylation is 1. The molecule has 0 unspecified atom stereocenters. The van der Waals surface area contributed by atoms with E-state index in [1.807, 2.05) is 19.9 Å². The number of hydrogen-bond acceptors (Lipinski definition) is 2. The van der Waals surface area contributed by atoms with Crippen molar-refractivity contribution in [3.8, 4) is 5.69 Å². The lowest BCUT2D eigenvalue weighted by Crippen LogP contribution is -2.37. The molecule has 3 aromatic rings. The molecule has 8 heteroatoms. The van der Waals surface area contributed by atoms with E-state index in [0.29, 0.717) is 36.8 Å². The van der Waals surface area contributed by atoms with Crippen LogP contribution in [0.25, 0.3) is 5.69 Å². The summed E-state index contributed by atoms with van der Waals surface area (Å²) in [7, 11) is 0. The van der Waals surface area contributed by atoms with E-state index in [0.717, 1.165) is 11.4 Å².